The van der Waals surface area contributed by atoms with Crippen molar-refractivity contribution in [3.63, 3.8) is 0 Å². The minimum atomic E-state index is -1.21. The van der Waals surface area contributed by atoms with E-state index in [0.29, 0.717) is 12.8 Å². The van der Waals surface area contributed by atoms with Crippen molar-refractivity contribution < 1.29 is 24.3 Å². The zero-order valence-corrected chi connectivity index (χ0v) is 21.4. The molecule has 1 aliphatic heterocycles. The van der Waals surface area contributed by atoms with Gasteiger partial charge in [-0.1, -0.05) is 44.2 Å². The van der Waals surface area contributed by atoms with Gasteiger partial charge < -0.3 is 37.8 Å². The summed E-state index contributed by atoms with van der Waals surface area (Å²) in [4.78, 5) is 54.7. The summed E-state index contributed by atoms with van der Waals surface area (Å²) < 4.78 is 0. The number of amides is 3. The largest absolute Gasteiger partial charge is 0.480 e. The highest BCUT2D eigenvalue weighted by Gasteiger charge is 2.32. The van der Waals surface area contributed by atoms with Crippen molar-refractivity contribution in [2.24, 2.45) is 22.4 Å². The van der Waals surface area contributed by atoms with Gasteiger partial charge in [-0.3, -0.25) is 19.4 Å². The second-order valence-electron chi connectivity index (χ2n) is 9.48. The molecule has 0 spiro atoms. The topological polar surface area (TPSA) is 201 Å². The van der Waals surface area contributed by atoms with Crippen LogP contribution in [0.5, 0.6) is 0 Å². The van der Waals surface area contributed by atoms with Crippen molar-refractivity contribution >= 4 is 29.7 Å². The van der Waals surface area contributed by atoms with Gasteiger partial charge in [-0.25, -0.2) is 4.79 Å². The van der Waals surface area contributed by atoms with E-state index in [0.717, 1.165) is 18.5 Å². The molecule has 4 atom stereocenters. The Hall–Kier alpha value is -3.67. The van der Waals surface area contributed by atoms with Gasteiger partial charge in [0.05, 0.1) is 6.04 Å². The first-order chi connectivity index (χ1) is 17.6. The molecule has 4 unspecified atom stereocenters. The number of carbonyl (C=O) groups excluding carboxylic acids is 3. The number of hydrogen-bond acceptors (Lipinski definition) is 6. The molecule has 204 valence electrons. The molecule has 1 saturated heterocycles. The van der Waals surface area contributed by atoms with Crippen LogP contribution in [0.3, 0.4) is 0 Å². The first-order valence-corrected chi connectivity index (χ1v) is 12.5. The molecule has 9 N–H and O–H groups in total. The van der Waals surface area contributed by atoms with Crippen LogP contribution >= 0.6 is 0 Å². The van der Waals surface area contributed by atoms with Gasteiger partial charge in [0.2, 0.25) is 17.7 Å². The average molecular weight is 518 g/mol. The predicted octanol–water partition coefficient (Wildman–Crippen LogP) is -0.770. The van der Waals surface area contributed by atoms with Crippen LogP contribution in [0.1, 0.15) is 45.1 Å². The highest BCUT2D eigenvalue weighted by atomic mass is 16.4. The first-order valence-electron chi connectivity index (χ1n) is 12.5. The molecule has 1 aromatic carbocycles. The summed E-state index contributed by atoms with van der Waals surface area (Å²) in [6.07, 6.45) is 2.15. The molecule has 1 aromatic rings. The minimum absolute atomic E-state index is 0.0999. The van der Waals surface area contributed by atoms with E-state index < -0.39 is 35.9 Å². The Morgan fingerprint density at radius 3 is 2.30 bits per heavy atom. The maximum Gasteiger partial charge on any atom is 0.326 e. The fourth-order valence-electron chi connectivity index (χ4n) is 4.05. The van der Waals surface area contributed by atoms with E-state index >= 15 is 0 Å². The number of carboxylic acids is 1. The van der Waals surface area contributed by atoms with Crippen LogP contribution in [0.15, 0.2) is 35.3 Å². The van der Waals surface area contributed by atoms with E-state index in [1.165, 1.54) is 0 Å². The van der Waals surface area contributed by atoms with Crippen molar-refractivity contribution in [2.75, 3.05) is 13.1 Å². The Kier molecular flexibility index (Phi) is 11.8. The summed E-state index contributed by atoms with van der Waals surface area (Å²) in [5.41, 5.74) is 11.4. The second-order valence-corrected chi connectivity index (χ2v) is 9.48. The van der Waals surface area contributed by atoms with Gasteiger partial charge in [-0.2, -0.15) is 0 Å². The standard InChI is InChI=1S/C25H39N7O5/c1-15(2)20(32-21(33)17-10-6-12-28-17)23(35)31-19(14-16-8-4-3-5-9-16)22(34)30-18(24(36)37)11-7-13-29-25(26)27/h3-5,8-9,15,17-20,28H,6-7,10-14H2,1-2H3,(H,30,34)(H,31,35)(H,32,33)(H,36,37)(H4,26,27,29). The monoisotopic (exact) mass is 517 g/mol. The summed E-state index contributed by atoms with van der Waals surface area (Å²) in [5.74, 6) is -2.97. The van der Waals surface area contributed by atoms with Crippen molar-refractivity contribution in [1.29, 1.82) is 0 Å². The van der Waals surface area contributed by atoms with Crippen LogP contribution in [-0.4, -0.2) is 72.0 Å². The Morgan fingerprint density at radius 1 is 1.05 bits per heavy atom. The van der Waals surface area contributed by atoms with Crippen LogP contribution in [0.4, 0.5) is 0 Å². The average Bonchev–Trinajstić information content (AvgIpc) is 3.39. The van der Waals surface area contributed by atoms with Gasteiger partial charge in [-0.15, -0.1) is 0 Å². The maximum absolute atomic E-state index is 13.3. The SMILES string of the molecule is CC(C)C(NC(=O)C1CCCN1)C(=O)NC(Cc1ccccc1)C(=O)NC(CCCN=C(N)N)C(=O)O. The lowest BCUT2D eigenvalue weighted by Gasteiger charge is -2.27. The number of guanidine groups is 1. The van der Waals surface area contributed by atoms with E-state index in [1.807, 2.05) is 30.3 Å². The molecule has 0 radical (unpaired) electrons. The lowest BCUT2D eigenvalue weighted by Crippen LogP contribution is -2.58. The number of nitrogens with two attached hydrogens (primary N) is 2. The fourth-order valence-corrected chi connectivity index (χ4v) is 4.05. The normalized spacial score (nSPS) is 17.3. The molecule has 0 bridgehead atoms. The third-order valence-electron chi connectivity index (χ3n) is 6.10. The van der Waals surface area contributed by atoms with Crippen LogP contribution in [0.25, 0.3) is 0 Å². The summed E-state index contributed by atoms with van der Waals surface area (Å²) in [6.45, 7) is 4.57. The lowest BCUT2D eigenvalue weighted by molar-refractivity contribution is -0.142. The Labute approximate surface area is 217 Å². The first kappa shape index (κ1) is 29.6. The molecule has 1 aliphatic rings. The number of aliphatic carboxylic acids is 1. The van der Waals surface area contributed by atoms with E-state index in [9.17, 15) is 24.3 Å². The molecule has 3 amide bonds. The van der Waals surface area contributed by atoms with Gasteiger partial charge in [0.25, 0.3) is 0 Å². The van der Waals surface area contributed by atoms with Gasteiger partial charge >= 0.3 is 5.97 Å². The molecular weight excluding hydrogens is 478 g/mol. The lowest BCUT2D eigenvalue weighted by atomic mass is 10.00. The maximum atomic E-state index is 13.3. The fraction of sp³-hybridized carbons (Fsp3) is 0.560. The Morgan fingerprint density at radius 2 is 1.73 bits per heavy atom. The van der Waals surface area contributed by atoms with Crippen molar-refractivity contribution in [2.45, 2.75) is 70.1 Å². The van der Waals surface area contributed by atoms with Gasteiger partial charge in [-0.05, 0) is 43.7 Å². The quantitative estimate of drug-likeness (QED) is 0.0946. The molecule has 0 aliphatic carbocycles. The number of benzene rings is 1. The molecule has 0 saturated carbocycles. The molecule has 12 heteroatoms. The van der Waals surface area contributed by atoms with Gasteiger partial charge in [0.15, 0.2) is 5.96 Å². The minimum Gasteiger partial charge on any atom is -0.480 e. The summed E-state index contributed by atoms with van der Waals surface area (Å²) >= 11 is 0. The number of nitrogens with one attached hydrogen (secondary N) is 4. The Bertz CT molecular complexity index is 944. The van der Waals surface area contributed by atoms with E-state index in [4.69, 9.17) is 11.5 Å². The van der Waals surface area contributed by atoms with E-state index in [-0.39, 0.29) is 43.2 Å². The predicted molar refractivity (Wildman–Crippen MR) is 139 cm³/mol. The van der Waals surface area contributed by atoms with Crippen LogP contribution < -0.4 is 32.7 Å². The number of rotatable bonds is 14. The summed E-state index contributed by atoms with van der Waals surface area (Å²) in [7, 11) is 0. The van der Waals surface area contributed by atoms with E-state index in [1.54, 1.807) is 13.8 Å². The Balaban J connectivity index is 2.14. The smallest absolute Gasteiger partial charge is 0.326 e. The third-order valence-corrected chi connectivity index (χ3v) is 6.10. The zero-order valence-electron chi connectivity index (χ0n) is 21.4. The summed E-state index contributed by atoms with van der Waals surface area (Å²) in [6, 6.07) is 5.60. The molecular formula is C25H39N7O5. The van der Waals surface area contributed by atoms with Crippen molar-refractivity contribution in [1.82, 2.24) is 21.3 Å². The zero-order chi connectivity index (χ0) is 27.4. The van der Waals surface area contributed by atoms with Crippen molar-refractivity contribution in [3.8, 4) is 0 Å². The summed E-state index contributed by atoms with van der Waals surface area (Å²) in [5, 5.41) is 20.8. The van der Waals surface area contributed by atoms with Crippen LogP contribution in [0.2, 0.25) is 0 Å². The number of carbonyl (C=O) groups is 4. The molecule has 37 heavy (non-hydrogen) atoms. The molecule has 0 aromatic heterocycles. The number of nitrogens with zero attached hydrogens (tertiary/aromatic N) is 1. The van der Waals surface area contributed by atoms with Crippen LogP contribution in [0, 0.1) is 5.92 Å². The third kappa shape index (κ3) is 10.1. The molecule has 1 heterocycles. The molecule has 1 fully saturated rings. The van der Waals surface area contributed by atoms with Crippen LogP contribution in [-0.2, 0) is 25.6 Å². The number of hydrogen-bond donors (Lipinski definition) is 7. The van der Waals surface area contributed by atoms with E-state index in [2.05, 4.69) is 26.3 Å². The second kappa shape index (κ2) is 14.8. The van der Waals surface area contributed by atoms with Crippen molar-refractivity contribution in [3.05, 3.63) is 35.9 Å². The van der Waals surface area contributed by atoms with Gasteiger partial charge in [0.1, 0.15) is 18.1 Å². The van der Waals surface area contributed by atoms with Gasteiger partial charge in [0, 0.05) is 13.0 Å². The molecule has 12 nitrogen and oxygen atoms in total. The highest BCUT2D eigenvalue weighted by Crippen LogP contribution is 2.10. The highest BCUT2D eigenvalue weighted by molar-refractivity contribution is 5.94. The number of aliphatic imine (C=N–C) groups is 1. The number of carboxylic acid groups (broad SMARTS) is 1. The molecule has 2 rings (SSSR count).